The van der Waals surface area contributed by atoms with Crippen molar-refractivity contribution in [3.05, 3.63) is 89.1 Å². The van der Waals surface area contributed by atoms with Crippen molar-refractivity contribution in [2.75, 3.05) is 0 Å². The molecule has 0 amide bonds. The summed E-state index contributed by atoms with van der Waals surface area (Å²) in [6.07, 6.45) is 0. The van der Waals surface area contributed by atoms with Crippen LogP contribution in [0.5, 0.6) is 11.6 Å². The van der Waals surface area contributed by atoms with Gasteiger partial charge in [0.05, 0.1) is 16.9 Å². The number of carbonyl (C=O) groups is 1. The van der Waals surface area contributed by atoms with Crippen LogP contribution in [0.4, 0.5) is 0 Å². The lowest BCUT2D eigenvalue weighted by atomic mass is 9.90. The van der Waals surface area contributed by atoms with Crippen LogP contribution in [0.15, 0.2) is 72.8 Å². The molecule has 2 aromatic carbocycles. The maximum Gasteiger partial charge on any atom is 0.219 e. The SMILES string of the molecule is CC(C)C(C(=O)S[C@@H](C)c1cccc(Oc2ccccc2)n1)c1cccc(Cl)c1. The molecule has 2 atom stereocenters. The molecular weight excluding hydrogens is 402 g/mol. The van der Waals surface area contributed by atoms with Crippen LogP contribution >= 0.6 is 23.4 Å². The zero-order valence-corrected chi connectivity index (χ0v) is 18.3. The van der Waals surface area contributed by atoms with E-state index in [-0.39, 0.29) is 22.2 Å². The number of hydrogen-bond acceptors (Lipinski definition) is 4. The monoisotopic (exact) mass is 425 g/mol. The summed E-state index contributed by atoms with van der Waals surface area (Å²) in [5, 5.41) is 0.666. The van der Waals surface area contributed by atoms with Gasteiger partial charge in [0.2, 0.25) is 5.88 Å². The predicted octanol–water partition coefficient (Wildman–Crippen LogP) is 7.29. The van der Waals surface area contributed by atoms with E-state index in [2.05, 4.69) is 18.8 Å². The Morgan fingerprint density at radius 3 is 2.38 bits per heavy atom. The first-order valence-electron chi connectivity index (χ1n) is 9.60. The van der Waals surface area contributed by atoms with E-state index in [1.54, 1.807) is 0 Å². The molecule has 1 heterocycles. The van der Waals surface area contributed by atoms with Crippen molar-refractivity contribution < 1.29 is 9.53 Å². The van der Waals surface area contributed by atoms with E-state index in [0.717, 1.165) is 17.0 Å². The van der Waals surface area contributed by atoms with E-state index in [0.29, 0.717) is 10.9 Å². The zero-order chi connectivity index (χ0) is 20.8. The molecule has 1 unspecified atom stereocenters. The van der Waals surface area contributed by atoms with Crippen molar-refractivity contribution in [2.24, 2.45) is 5.92 Å². The van der Waals surface area contributed by atoms with Crippen molar-refractivity contribution in [3.63, 3.8) is 0 Å². The summed E-state index contributed by atoms with van der Waals surface area (Å²) in [5.41, 5.74) is 1.76. The number of thioether (sulfide) groups is 1. The van der Waals surface area contributed by atoms with Crippen molar-refractivity contribution in [2.45, 2.75) is 31.9 Å². The van der Waals surface area contributed by atoms with Gasteiger partial charge in [-0.25, -0.2) is 4.98 Å². The molecule has 0 bridgehead atoms. The number of benzene rings is 2. The highest BCUT2D eigenvalue weighted by Crippen LogP contribution is 2.37. The number of carbonyl (C=O) groups excluding carboxylic acids is 1. The molecular formula is C24H24ClNO2S. The third-order valence-electron chi connectivity index (χ3n) is 4.55. The summed E-state index contributed by atoms with van der Waals surface area (Å²) in [6.45, 7) is 6.11. The Hall–Kier alpha value is -2.30. The third-order valence-corrected chi connectivity index (χ3v) is 5.86. The first-order chi connectivity index (χ1) is 13.9. The quantitative estimate of drug-likeness (QED) is 0.398. The van der Waals surface area contributed by atoms with E-state index in [4.69, 9.17) is 16.3 Å². The lowest BCUT2D eigenvalue weighted by Crippen LogP contribution is -2.16. The minimum Gasteiger partial charge on any atom is -0.439 e. The zero-order valence-electron chi connectivity index (χ0n) is 16.7. The van der Waals surface area contributed by atoms with Crippen LogP contribution in [0, 0.1) is 5.92 Å². The Bertz CT molecular complexity index is 962. The second-order valence-corrected chi connectivity index (χ2v) is 8.95. The fraction of sp³-hybridized carbons (Fsp3) is 0.250. The molecule has 29 heavy (non-hydrogen) atoms. The van der Waals surface area contributed by atoms with E-state index in [1.165, 1.54) is 11.8 Å². The van der Waals surface area contributed by atoms with Crippen LogP contribution in [-0.2, 0) is 4.79 Å². The number of ether oxygens (including phenoxy) is 1. The fourth-order valence-electron chi connectivity index (χ4n) is 3.12. The number of hydrogen-bond donors (Lipinski definition) is 0. The highest BCUT2D eigenvalue weighted by molar-refractivity contribution is 8.13. The Labute approximate surface area is 181 Å². The standard InChI is InChI=1S/C24H24ClNO2S/c1-16(2)23(18-9-7-10-19(25)15-18)24(27)29-17(3)21-13-8-14-22(26-21)28-20-11-5-4-6-12-20/h4-17,23H,1-3H3/t17-,23?/m0/s1. The predicted molar refractivity (Wildman–Crippen MR) is 121 cm³/mol. The van der Waals surface area contributed by atoms with Gasteiger partial charge in [-0.2, -0.15) is 0 Å². The van der Waals surface area contributed by atoms with Crippen LogP contribution < -0.4 is 4.74 Å². The average molecular weight is 426 g/mol. The fourth-order valence-corrected chi connectivity index (χ4v) is 4.48. The molecule has 0 saturated heterocycles. The van der Waals surface area contributed by atoms with E-state index in [1.807, 2.05) is 79.7 Å². The molecule has 3 aromatic rings. The number of pyridine rings is 1. The number of nitrogens with zero attached hydrogens (tertiary/aromatic N) is 1. The number of aromatic nitrogens is 1. The van der Waals surface area contributed by atoms with Gasteiger partial charge in [0.15, 0.2) is 5.12 Å². The highest BCUT2D eigenvalue weighted by Gasteiger charge is 2.27. The molecule has 1 aromatic heterocycles. The van der Waals surface area contributed by atoms with Crippen molar-refractivity contribution >= 4 is 28.5 Å². The van der Waals surface area contributed by atoms with Gasteiger partial charge in [0, 0.05) is 11.1 Å². The second kappa shape index (κ2) is 9.95. The van der Waals surface area contributed by atoms with Crippen LogP contribution in [0.2, 0.25) is 5.02 Å². The Morgan fingerprint density at radius 1 is 0.966 bits per heavy atom. The Morgan fingerprint density at radius 2 is 1.69 bits per heavy atom. The molecule has 0 radical (unpaired) electrons. The second-order valence-electron chi connectivity index (χ2n) is 7.17. The minimum absolute atomic E-state index is 0.0951. The molecule has 3 rings (SSSR count). The summed E-state index contributed by atoms with van der Waals surface area (Å²) < 4.78 is 5.82. The van der Waals surface area contributed by atoms with Crippen molar-refractivity contribution in [1.82, 2.24) is 4.98 Å². The normalized spacial score (nSPS) is 13.1. The molecule has 150 valence electrons. The average Bonchev–Trinajstić information content (AvgIpc) is 2.69. The topological polar surface area (TPSA) is 39.2 Å². The number of para-hydroxylation sites is 1. The van der Waals surface area contributed by atoms with E-state index in [9.17, 15) is 4.79 Å². The molecule has 5 heteroatoms. The van der Waals surface area contributed by atoms with Gasteiger partial charge >= 0.3 is 0 Å². The van der Waals surface area contributed by atoms with Crippen LogP contribution in [0.25, 0.3) is 0 Å². The first-order valence-corrected chi connectivity index (χ1v) is 10.9. The summed E-state index contributed by atoms with van der Waals surface area (Å²) in [5.74, 6) is 1.20. The number of halogens is 1. The largest absolute Gasteiger partial charge is 0.439 e. The molecule has 0 spiro atoms. The highest BCUT2D eigenvalue weighted by atomic mass is 35.5. The van der Waals surface area contributed by atoms with Gasteiger partial charge in [-0.15, -0.1) is 0 Å². The molecule has 0 aliphatic carbocycles. The molecule has 3 nitrogen and oxygen atoms in total. The Kier molecular flexibility index (Phi) is 7.34. The van der Waals surface area contributed by atoms with Crippen LogP contribution in [0.3, 0.4) is 0 Å². The summed E-state index contributed by atoms with van der Waals surface area (Å²) in [6, 6.07) is 22.7. The van der Waals surface area contributed by atoms with E-state index < -0.39 is 0 Å². The molecule has 0 saturated carbocycles. The van der Waals surface area contributed by atoms with Gasteiger partial charge in [-0.1, -0.05) is 73.6 Å². The van der Waals surface area contributed by atoms with Gasteiger partial charge in [-0.05, 0) is 48.7 Å². The summed E-state index contributed by atoms with van der Waals surface area (Å²) in [7, 11) is 0. The van der Waals surface area contributed by atoms with Crippen LogP contribution in [-0.4, -0.2) is 10.1 Å². The summed E-state index contributed by atoms with van der Waals surface area (Å²) in [4.78, 5) is 17.7. The molecule has 0 aliphatic rings. The molecule has 0 fully saturated rings. The van der Waals surface area contributed by atoms with Crippen molar-refractivity contribution in [3.8, 4) is 11.6 Å². The van der Waals surface area contributed by atoms with Gasteiger partial charge in [-0.3, -0.25) is 4.79 Å². The smallest absolute Gasteiger partial charge is 0.219 e. The lowest BCUT2D eigenvalue weighted by molar-refractivity contribution is -0.113. The van der Waals surface area contributed by atoms with Gasteiger partial charge in [0.1, 0.15) is 5.75 Å². The first kappa shape index (κ1) is 21.4. The lowest BCUT2D eigenvalue weighted by Gasteiger charge is -2.21. The maximum atomic E-state index is 13.1. The van der Waals surface area contributed by atoms with Crippen LogP contribution in [0.1, 0.15) is 43.2 Å². The van der Waals surface area contributed by atoms with Crippen molar-refractivity contribution in [1.29, 1.82) is 0 Å². The van der Waals surface area contributed by atoms with Gasteiger partial charge < -0.3 is 4.74 Å². The third kappa shape index (κ3) is 5.84. The van der Waals surface area contributed by atoms with E-state index >= 15 is 0 Å². The summed E-state index contributed by atoms with van der Waals surface area (Å²) >= 11 is 7.45. The minimum atomic E-state index is -0.218. The van der Waals surface area contributed by atoms with Gasteiger partial charge in [0.25, 0.3) is 0 Å². The molecule has 0 N–H and O–H groups in total. The maximum absolute atomic E-state index is 13.1. The Balaban J connectivity index is 1.74. The number of rotatable bonds is 7. The molecule has 0 aliphatic heterocycles.